The molecular formula is C13H12N6O2S. The molecule has 0 radical (unpaired) electrons. The molecule has 0 saturated carbocycles. The van der Waals surface area contributed by atoms with Gasteiger partial charge in [-0.1, -0.05) is 35.6 Å². The molecule has 1 aromatic carbocycles. The minimum absolute atomic E-state index is 0.0120. The molecule has 0 bridgehead atoms. The Morgan fingerprint density at radius 1 is 1.05 bits per heavy atom. The Morgan fingerprint density at radius 3 is 2.36 bits per heavy atom. The van der Waals surface area contributed by atoms with Gasteiger partial charge in [0.15, 0.2) is 5.82 Å². The van der Waals surface area contributed by atoms with Crippen molar-refractivity contribution >= 4 is 28.1 Å². The number of nitrogens with zero attached hydrogens (tertiary/aromatic N) is 4. The summed E-state index contributed by atoms with van der Waals surface area (Å²) in [4.78, 5) is 22.5. The first-order valence-electron chi connectivity index (χ1n) is 6.40. The Morgan fingerprint density at radius 2 is 1.73 bits per heavy atom. The molecule has 4 N–H and O–H groups in total. The smallest absolute Gasteiger partial charge is 0.234 e. The first-order chi connectivity index (χ1) is 10.5. The lowest BCUT2D eigenvalue weighted by Crippen LogP contribution is -2.15. The molecule has 2 heterocycles. The third-order valence-corrected chi connectivity index (χ3v) is 3.91. The highest BCUT2D eigenvalue weighted by Gasteiger charge is 2.14. The first kappa shape index (κ1) is 14.1. The number of rotatable bonds is 5. The fourth-order valence-electron chi connectivity index (χ4n) is 2.01. The monoisotopic (exact) mass is 316 g/mol. The van der Waals surface area contributed by atoms with Crippen molar-refractivity contribution in [3.63, 3.8) is 0 Å². The van der Waals surface area contributed by atoms with E-state index in [4.69, 9.17) is 11.5 Å². The molecule has 8 nitrogen and oxygen atoms in total. The summed E-state index contributed by atoms with van der Waals surface area (Å²) in [7, 11) is 0. The summed E-state index contributed by atoms with van der Waals surface area (Å²) in [6, 6.07) is 7.37. The molecule has 0 saturated heterocycles. The van der Waals surface area contributed by atoms with Gasteiger partial charge in [-0.25, -0.2) is 0 Å². The lowest BCUT2D eigenvalue weighted by molar-refractivity contribution is -0.118. The van der Waals surface area contributed by atoms with Gasteiger partial charge in [0.05, 0.1) is 12.8 Å². The molecule has 9 heteroatoms. The number of carbonyl (C=O) groups excluding carboxylic acids is 2. The van der Waals surface area contributed by atoms with Crippen molar-refractivity contribution in [3.8, 4) is 10.6 Å². The summed E-state index contributed by atoms with van der Waals surface area (Å²) >= 11 is 1.35. The summed E-state index contributed by atoms with van der Waals surface area (Å²) in [6.45, 7) is 0. The van der Waals surface area contributed by atoms with E-state index < -0.39 is 5.91 Å². The molecule has 2 amide bonds. The summed E-state index contributed by atoms with van der Waals surface area (Å²) in [5.74, 6) is -0.447. The molecule has 22 heavy (non-hydrogen) atoms. The molecule has 3 aromatic rings. The summed E-state index contributed by atoms with van der Waals surface area (Å²) in [5.41, 5.74) is 12.1. The van der Waals surface area contributed by atoms with E-state index in [-0.39, 0.29) is 18.7 Å². The summed E-state index contributed by atoms with van der Waals surface area (Å²) < 4.78 is 1.52. The second-order valence-electron chi connectivity index (χ2n) is 4.70. The van der Waals surface area contributed by atoms with E-state index in [1.807, 2.05) is 24.3 Å². The minimum Gasteiger partial charge on any atom is -0.369 e. The second kappa shape index (κ2) is 5.53. The Bertz CT molecular complexity index is 851. The quantitative estimate of drug-likeness (QED) is 0.679. The van der Waals surface area contributed by atoms with Crippen molar-refractivity contribution in [2.24, 2.45) is 11.5 Å². The van der Waals surface area contributed by atoms with E-state index in [0.717, 1.165) is 16.1 Å². The highest BCUT2D eigenvalue weighted by atomic mass is 32.1. The number of aromatic nitrogens is 4. The van der Waals surface area contributed by atoms with Crippen molar-refractivity contribution in [1.82, 2.24) is 19.8 Å². The van der Waals surface area contributed by atoms with Gasteiger partial charge in [-0.3, -0.25) is 9.59 Å². The lowest BCUT2D eigenvalue weighted by Gasteiger charge is -1.99. The third kappa shape index (κ3) is 2.79. The van der Waals surface area contributed by atoms with Crippen LogP contribution in [0.4, 0.5) is 0 Å². The van der Waals surface area contributed by atoms with Crippen molar-refractivity contribution in [1.29, 1.82) is 0 Å². The molecule has 0 fully saturated rings. The van der Waals surface area contributed by atoms with Gasteiger partial charge in [0.2, 0.25) is 16.8 Å². The molecule has 0 aliphatic rings. The summed E-state index contributed by atoms with van der Waals surface area (Å²) in [5, 5.41) is 13.0. The zero-order chi connectivity index (χ0) is 15.7. The predicted octanol–water partition coefficient (Wildman–Crippen LogP) is -0.0916. The number of benzene rings is 1. The molecule has 0 aliphatic heterocycles. The van der Waals surface area contributed by atoms with E-state index >= 15 is 0 Å². The molecule has 2 aromatic heterocycles. The van der Waals surface area contributed by atoms with E-state index in [1.54, 1.807) is 0 Å². The zero-order valence-corrected chi connectivity index (χ0v) is 12.2. The van der Waals surface area contributed by atoms with Gasteiger partial charge in [-0.05, 0) is 5.56 Å². The van der Waals surface area contributed by atoms with Crippen LogP contribution < -0.4 is 11.5 Å². The number of nitrogens with two attached hydrogens (primary N) is 2. The van der Waals surface area contributed by atoms with Gasteiger partial charge in [0.1, 0.15) is 5.01 Å². The molecule has 0 aliphatic carbocycles. The number of fused-ring (bicyclic) bond motifs is 1. The van der Waals surface area contributed by atoms with Crippen LogP contribution >= 0.6 is 11.3 Å². The predicted molar refractivity (Wildman–Crippen MR) is 79.9 cm³/mol. The Kier molecular flexibility index (Phi) is 3.55. The van der Waals surface area contributed by atoms with E-state index in [9.17, 15) is 9.59 Å². The maximum atomic E-state index is 11.0. The number of amides is 2. The maximum absolute atomic E-state index is 11.0. The van der Waals surface area contributed by atoms with Crippen LogP contribution in [0.3, 0.4) is 0 Å². The zero-order valence-electron chi connectivity index (χ0n) is 11.4. The molecule has 3 rings (SSSR count). The third-order valence-electron chi connectivity index (χ3n) is 2.97. The summed E-state index contributed by atoms with van der Waals surface area (Å²) in [6.07, 6.45) is 0.191. The Balaban J connectivity index is 1.91. The van der Waals surface area contributed by atoms with Gasteiger partial charge in [-0.15, -0.1) is 10.2 Å². The number of carbonyl (C=O) groups is 2. The van der Waals surface area contributed by atoms with Crippen molar-refractivity contribution in [2.75, 3.05) is 0 Å². The van der Waals surface area contributed by atoms with Crippen LogP contribution in [0.15, 0.2) is 24.3 Å². The lowest BCUT2D eigenvalue weighted by atomic mass is 10.1. The second-order valence-corrected chi connectivity index (χ2v) is 5.66. The van der Waals surface area contributed by atoms with E-state index in [0.29, 0.717) is 10.8 Å². The molecule has 112 valence electrons. The van der Waals surface area contributed by atoms with Gasteiger partial charge >= 0.3 is 0 Å². The van der Waals surface area contributed by atoms with E-state index in [2.05, 4.69) is 15.3 Å². The van der Waals surface area contributed by atoms with Crippen LogP contribution in [-0.2, 0) is 22.4 Å². The Hall–Kier alpha value is -2.81. The van der Waals surface area contributed by atoms with Crippen LogP contribution in [0.5, 0.6) is 0 Å². The van der Waals surface area contributed by atoms with Gasteiger partial charge in [0.25, 0.3) is 0 Å². The van der Waals surface area contributed by atoms with Gasteiger partial charge in [0, 0.05) is 5.56 Å². The number of hydrogen-bond donors (Lipinski definition) is 2. The average Bonchev–Trinajstić information content (AvgIpc) is 3.01. The van der Waals surface area contributed by atoms with Crippen molar-refractivity contribution in [2.45, 2.75) is 12.8 Å². The minimum atomic E-state index is -0.486. The standard InChI is InChI=1S/C13H12N6O2S/c14-9(20)5-7-1-3-8(4-2-7)12-18-19-11(6-10(15)21)16-17-13(19)22-12/h1-4H,5-6H2,(H2,14,20)(H2,15,21). The highest BCUT2D eigenvalue weighted by molar-refractivity contribution is 7.19. The normalized spacial score (nSPS) is 10.9. The largest absolute Gasteiger partial charge is 0.369 e. The molecule has 0 unspecified atom stereocenters. The maximum Gasteiger partial charge on any atom is 0.234 e. The highest BCUT2D eigenvalue weighted by Crippen LogP contribution is 2.25. The molecule has 0 atom stereocenters. The van der Waals surface area contributed by atoms with Crippen molar-refractivity contribution < 1.29 is 9.59 Å². The van der Waals surface area contributed by atoms with Crippen molar-refractivity contribution in [3.05, 3.63) is 35.7 Å². The van der Waals surface area contributed by atoms with Gasteiger partial charge < -0.3 is 11.5 Å². The number of hydrogen-bond acceptors (Lipinski definition) is 6. The Labute approximate surface area is 128 Å². The van der Waals surface area contributed by atoms with Crippen LogP contribution in [0.25, 0.3) is 15.5 Å². The first-order valence-corrected chi connectivity index (χ1v) is 7.21. The fourth-order valence-corrected chi connectivity index (χ4v) is 2.87. The van der Waals surface area contributed by atoms with Crippen LogP contribution in [0.1, 0.15) is 11.4 Å². The van der Waals surface area contributed by atoms with Crippen LogP contribution in [0, 0.1) is 0 Å². The fraction of sp³-hybridized carbons (Fsp3) is 0.154. The van der Waals surface area contributed by atoms with Gasteiger partial charge in [-0.2, -0.15) is 9.61 Å². The SMILES string of the molecule is NC(=O)Cc1ccc(-c2nn3c(CC(N)=O)nnc3s2)cc1. The molecule has 0 spiro atoms. The van der Waals surface area contributed by atoms with E-state index in [1.165, 1.54) is 15.9 Å². The molecular weight excluding hydrogens is 304 g/mol. The average molecular weight is 316 g/mol. The number of primary amides is 2. The van der Waals surface area contributed by atoms with Crippen LogP contribution in [0.2, 0.25) is 0 Å². The van der Waals surface area contributed by atoms with Crippen LogP contribution in [-0.4, -0.2) is 31.6 Å². The topological polar surface area (TPSA) is 129 Å².